The molecule has 1 heteroatoms. The number of ketones is 1. The molecule has 0 heterocycles. The summed E-state index contributed by atoms with van der Waals surface area (Å²) in [6.07, 6.45) is 11.4. The molecule has 2 aliphatic rings. The first-order valence-corrected chi connectivity index (χ1v) is 8.00. The first-order valence-electron chi connectivity index (χ1n) is 8.00. The lowest BCUT2D eigenvalue weighted by atomic mass is 9.76. The monoisotopic (exact) mass is 250 g/mol. The van der Waals surface area contributed by atoms with Crippen molar-refractivity contribution in [2.24, 2.45) is 23.2 Å². The Hall–Kier alpha value is -0.330. The summed E-state index contributed by atoms with van der Waals surface area (Å²) < 4.78 is 0. The minimum absolute atomic E-state index is 0.464. The smallest absolute Gasteiger partial charge is 0.136 e. The molecular weight excluding hydrogens is 220 g/mol. The van der Waals surface area contributed by atoms with Crippen molar-refractivity contribution in [3.8, 4) is 0 Å². The van der Waals surface area contributed by atoms with Crippen molar-refractivity contribution in [3.63, 3.8) is 0 Å². The maximum atomic E-state index is 11.9. The minimum Gasteiger partial charge on any atom is -0.299 e. The molecule has 0 spiro atoms. The number of carbonyl (C=O) groups is 1. The lowest BCUT2D eigenvalue weighted by molar-refractivity contribution is -0.126. The van der Waals surface area contributed by atoms with E-state index in [1.54, 1.807) is 0 Å². The van der Waals surface area contributed by atoms with Crippen LogP contribution in [0.1, 0.15) is 78.6 Å². The fourth-order valence-electron chi connectivity index (χ4n) is 4.10. The third-order valence-corrected chi connectivity index (χ3v) is 5.10. The average Bonchev–Trinajstić information content (AvgIpc) is 2.68. The van der Waals surface area contributed by atoms with E-state index in [0.717, 1.165) is 18.3 Å². The molecule has 0 aromatic rings. The minimum atomic E-state index is 0.464. The molecule has 0 N–H and O–H groups in total. The van der Waals surface area contributed by atoms with E-state index in [1.165, 1.54) is 51.4 Å². The van der Waals surface area contributed by atoms with Crippen molar-refractivity contribution in [1.29, 1.82) is 0 Å². The lowest BCUT2D eigenvalue weighted by Crippen LogP contribution is -2.27. The van der Waals surface area contributed by atoms with Gasteiger partial charge >= 0.3 is 0 Å². The average molecular weight is 250 g/mol. The third-order valence-electron chi connectivity index (χ3n) is 5.10. The largest absolute Gasteiger partial charge is 0.299 e. The molecule has 2 rings (SSSR count). The van der Waals surface area contributed by atoms with Crippen LogP contribution in [0.3, 0.4) is 0 Å². The molecule has 2 aliphatic carbocycles. The van der Waals surface area contributed by atoms with Crippen LogP contribution in [0.5, 0.6) is 0 Å². The Morgan fingerprint density at radius 2 is 1.89 bits per heavy atom. The predicted octanol–water partition coefficient (Wildman–Crippen LogP) is 4.99. The molecule has 1 nitrogen and oxygen atoms in total. The second kappa shape index (κ2) is 5.75. The molecule has 0 radical (unpaired) electrons. The molecule has 2 fully saturated rings. The van der Waals surface area contributed by atoms with Gasteiger partial charge in [-0.05, 0) is 49.4 Å². The summed E-state index contributed by atoms with van der Waals surface area (Å²) in [4.78, 5) is 11.9. The van der Waals surface area contributed by atoms with E-state index < -0.39 is 0 Å². The van der Waals surface area contributed by atoms with Crippen molar-refractivity contribution in [2.75, 3.05) is 0 Å². The summed E-state index contributed by atoms with van der Waals surface area (Å²) >= 11 is 0. The van der Waals surface area contributed by atoms with E-state index in [9.17, 15) is 4.79 Å². The maximum absolute atomic E-state index is 11.9. The molecule has 3 atom stereocenters. The topological polar surface area (TPSA) is 17.1 Å². The van der Waals surface area contributed by atoms with E-state index in [2.05, 4.69) is 20.8 Å². The third kappa shape index (κ3) is 3.59. The summed E-state index contributed by atoms with van der Waals surface area (Å²) in [5.41, 5.74) is 0.485. The van der Waals surface area contributed by atoms with Crippen LogP contribution in [-0.4, -0.2) is 5.78 Å². The Labute approximate surface area is 113 Å². The van der Waals surface area contributed by atoms with E-state index in [-0.39, 0.29) is 0 Å². The number of unbranched alkanes of at least 4 members (excludes halogenated alkanes) is 1. The molecule has 0 amide bonds. The van der Waals surface area contributed by atoms with Crippen LogP contribution in [0.15, 0.2) is 0 Å². The standard InChI is InChI=1S/C17H30O/c1-17(2,3)12-5-4-7-13-10-11-15-14(13)8-6-9-16(15)18/h13-15H,4-12H2,1-3H3/t13-,14+,15+/m0/s1. The number of hydrogen-bond donors (Lipinski definition) is 0. The molecule has 0 aromatic heterocycles. The summed E-state index contributed by atoms with van der Waals surface area (Å²) in [7, 11) is 0. The number of Topliss-reactive ketones (excluding diaryl/α,β-unsaturated/α-hetero) is 1. The second-order valence-electron chi connectivity index (χ2n) is 7.77. The van der Waals surface area contributed by atoms with Gasteiger partial charge in [-0.1, -0.05) is 40.0 Å². The van der Waals surface area contributed by atoms with Gasteiger partial charge in [0.05, 0.1) is 0 Å². The van der Waals surface area contributed by atoms with Crippen molar-refractivity contribution < 1.29 is 4.79 Å². The van der Waals surface area contributed by atoms with E-state index in [0.29, 0.717) is 17.1 Å². The summed E-state index contributed by atoms with van der Waals surface area (Å²) in [6.45, 7) is 7.00. The van der Waals surface area contributed by atoms with Crippen molar-refractivity contribution in [3.05, 3.63) is 0 Å². The van der Waals surface area contributed by atoms with Gasteiger partial charge in [0, 0.05) is 12.3 Å². The molecule has 0 aliphatic heterocycles. The van der Waals surface area contributed by atoms with Gasteiger partial charge in [0.25, 0.3) is 0 Å². The summed E-state index contributed by atoms with van der Waals surface area (Å²) in [5, 5.41) is 0. The highest BCUT2D eigenvalue weighted by atomic mass is 16.1. The van der Waals surface area contributed by atoms with Crippen LogP contribution in [-0.2, 0) is 4.79 Å². The van der Waals surface area contributed by atoms with Gasteiger partial charge in [-0.25, -0.2) is 0 Å². The Kier molecular flexibility index (Phi) is 4.50. The van der Waals surface area contributed by atoms with Crippen LogP contribution in [0, 0.1) is 23.2 Å². The lowest BCUT2D eigenvalue weighted by Gasteiger charge is -2.28. The predicted molar refractivity (Wildman–Crippen MR) is 76.5 cm³/mol. The number of fused-ring (bicyclic) bond motifs is 1. The fraction of sp³-hybridized carbons (Fsp3) is 0.941. The van der Waals surface area contributed by atoms with E-state index >= 15 is 0 Å². The van der Waals surface area contributed by atoms with Crippen LogP contribution in [0.25, 0.3) is 0 Å². The SMILES string of the molecule is CC(C)(C)CCCC[C@H]1CC[C@H]2C(=O)CCC[C@H]12. The zero-order chi connectivity index (χ0) is 13.2. The number of hydrogen-bond acceptors (Lipinski definition) is 1. The normalized spacial score (nSPS) is 32.6. The van der Waals surface area contributed by atoms with Crippen molar-refractivity contribution in [1.82, 2.24) is 0 Å². The number of rotatable bonds is 4. The van der Waals surface area contributed by atoms with Crippen molar-refractivity contribution >= 4 is 5.78 Å². The molecule has 18 heavy (non-hydrogen) atoms. The molecule has 0 bridgehead atoms. The van der Waals surface area contributed by atoms with Gasteiger partial charge in [-0.15, -0.1) is 0 Å². The van der Waals surface area contributed by atoms with Crippen LogP contribution >= 0.6 is 0 Å². The van der Waals surface area contributed by atoms with Crippen molar-refractivity contribution in [2.45, 2.75) is 78.6 Å². The van der Waals surface area contributed by atoms with Gasteiger partial charge in [0.15, 0.2) is 0 Å². The van der Waals surface area contributed by atoms with Gasteiger partial charge in [0.1, 0.15) is 5.78 Å². The van der Waals surface area contributed by atoms with E-state index in [1.807, 2.05) is 0 Å². The Balaban J connectivity index is 1.72. The molecule has 2 saturated carbocycles. The first kappa shape index (κ1) is 14.1. The first-order chi connectivity index (χ1) is 8.47. The highest BCUT2D eigenvalue weighted by Crippen LogP contribution is 2.46. The van der Waals surface area contributed by atoms with Crippen LogP contribution < -0.4 is 0 Å². The zero-order valence-electron chi connectivity index (χ0n) is 12.5. The van der Waals surface area contributed by atoms with Gasteiger partial charge in [-0.3, -0.25) is 4.79 Å². The van der Waals surface area contributed by atoms with Gasteiger partial charge in [0.2, 0.25) is 0 Å². The molecule has 0 unspecified atom stereocenters. The Morgan fingerprint density at radius 1 is 1.11 bits per heavy atom. The quantitative estimate of drug-likeness (QED) is 0.642. The van der Waals surface area contributed by atoms with Crippen LogP contribution in [0.2, 0.25) is 0 Å². The molecular formula is C17H30O. The van der Waals surface area contributed by atoms with Gasteiger partial charge < -0.3 is 0 Å². The highest BCUT2D eigenvalue weighted by Gasteiger charge is 2.41. The second-order valence-corrected chi connectivity index (χ2v) is 7.77. The van der Waals surface area contributed by atoms with E-state index in [4.69, 9.17) is 0 Å². The zero-order valence-corrected chi connectivity index (χ0v) is 12.5. The maximum Gasteiger partial charge on any atom is 0.136 e. The number of carbonyl (C=O) groups excluding carboxylic acids is 1. The highest BCUT2D eigenvalue weighted by molar-refractivity contribution is 5.82. The Morgan fingerprint density at radius 3 is 2.61 bits per heavy atom. The molecule has 0 saturated heterocycles. The Bertz CT molecular complexity index is 286. The fourth-order valence-corrected chi connectivity index (χ4v) is 4.10. The summed E-state index contributed by atoms with van der Waals surface area (Å²) in [6, 6.07) is 0. The van der Waals surface area contributed by atoms with Crippen LogP contribution in [0.4, 0.5) is 0 Å². The van der Waals surface area contributed by atoms with Gasteiger partial charge in [-0.2, -0.15) is 0 Å². The molecule has 104 valence electrons. The summed E-state index contributed by atoms with van der Waals surface area (Å²) in [5.74, 6) is 2.69. The molecule has 0 aromatic carbocycles.